The second kappa shape index (κ2) is 7.91. The fourth-order valence-corrected chi connectivity index (χ4v) is 2.71. The summed E-state index contributed by atoms with van der Waals surface area (Å²) in [5.41, 5.74) is 0.372. The fourth-order valence-electron chi connectivity index (χ4n) is 2.17. The third-order valence-corrected chi connectivity index (χ3v) is 4.57. The normalized spacial score (nSPS) is 11.9. The number of anilines is 2. The molecule has 0 heterocycles. The Morgan fingerprint density at radius 1 is 1.15 bits per heavy atom. The number of nitro benzene ring substituents is 1. The van der Waals surface area contributed by atoms with Crippen LogP contribution in [-0.2, 0) is 10.0 Å². The molecule has 0 aromatic heterocycles. The lowest BCUT2D eigenvalue weighted by Crippen LogP contribution is -2.38. The molecule has 10 heteroatoms. The zero-order valence-electron chi connectivity index (χ0n) is 15.4. The largest absolute Gasteiger partial charge is 0.488 e. The van der Waals surface area contributed by atoms with Gasteiger partial charge in [0.25, 0.3) is 5.69 Å². The SMILES string of the molecule is C[N+](C)(C)CCOc1ccc(Nc2ccc(S(N)(=O)=O)cc2[N+](=O)[O-])cc1. The van der Waals surface area contributed by atoms with Crippen LogP contribution < -0.4 is 15.2 Å². The van der Waals surface area contributed by atoms with E-state index in [2.05, 4.69) is 26.5 Å². The molecule has 0 atom stereocenters. The lowest BCUT2D eigenvalue weighted by atomic mass is 10.2. The highest BCUT2D eigenvalue weighted by Crippen LogP contribution is 2.30. The highest BCUT2D eigenvalue weighted by molar-refractivity contribution is 7.89. The number of nitrogens with two attached hydrogens (primary N) is 1. The van der Waals surface area contributed by atoms with Crippen LogP contribution in [-0.4, -0.2) is 52.1 Å². The molecule has 2 rings (SSSR count). The van der Waals surface area contributed by atoms with Crippen molar-refractivity contribution in [3.63, 3.8) is 0 Å². The van der Waals surface area contributed by atoms with E-state index in [-0.39, 0.29) is 16.3 Å². The van der Waals surface area contributed by atoms with E-state index < -0.39 is 14.9 Å². The van der Waals surface area contributed by atoms with Crippen LogP contribution >= 0.6 is 0 Å². The van der Waals surface area contributed by atoms with Crippen LogP contribution in [0.1, 0.15) is 0 Å². The van der Waals surface area contributed by atoms with E-state index in [1.54, 1.807) is 24.3 Å². The number of quaternary nitrogens is 1. The summed E-state index contributed by atoms with van der Waals surface area (Å²) < 4.78 is 29.2. The predicted molar refractivity (Wildman–Crippen MR) is 103 cm³/mol. The van der Waals surface area contributed by atoms with Crippen molar-refractivity contribution in [2.45, 2.75) is 4.90 Å². The first-order valence-corrected chi connectivity index (χ1v) is 9.62. The maximum Gasteiger partial charge on any atom is 0.294 e. The van der Waals surface area contributed by atoms with Gasteiger partial charge in [-0.15, -0.1) is 0 Å². The summed E-state index contributed by atoms with van der Waals surface area (Å²) >= 11 is 0. The van der Waals surface area contributed by atoms with Crippen LogP contribution in [0.2, 0.25) is 0 Å². The van der Waals surface area contributed by atoms with Gasteiger partial charge in [0.05, 0.1) is 31.0 Å². The van der Waals surface area contributed by atoms with Crippen molar-refractivity contribution in [2.75, 3.05) is 39.6 Å². The molecular weight excluding hydrogens is 372 g/mol. The standard InChI is InChI=1S/C17H23N4O5S/c1-21(2,3)10-11-26-14-6-4-13(5-7-14)19-16-9-8-15(27(18,24)25)12-17(16)20(22)23/h4-9,12,19H,10-11H2,1-3H3,(H2,18,24,25)/q+1. The zero-order valence-corrected chi connectivity index (χ0v) is 16.2. The number of sulfonamides is 1. The van der Waals surface area contributed by atoms with Crippen LogP contribution in [0.3, 0.4) is 0 Å². The van der Waals surface area contributed by atoms with Gasteiger partial charge >= 0.3 is 0 Å². The van der Waals surface area contributed by atoms with Gasteiger partial charge in [0.2, 0.25) is 10.0 Å². The van der Waals surface area contributed by atoms with Gasteiger partial charge in [-0.05, 0) is 36.4 Å². The molecule has 2 aromatic carbocycles. The molecule has 0 aliphatic heterocycles. The Hall–Kier alpha value is -2.69. The van der Waals surface area contributed by atoms with Gasteiger partial charge in [-0.3, -0.25) is 10.1 Å². The van der Waals surface area contributed by atoms with Crippen LogP contribution in [0.5, 0.6) is 5.75 Å². The molecule has 0 aliphatic rings. The molecule has 0 radical (unpaired) electrons. The number of ether oxygens (including phenoxy) is 1. The van der Waals surface area contributed by atoms with Gasteiger partial charge in [-0.1, -0.05) is 0 Å². The third kappa shape index (κ3) is 6.20. The summed E-state index contributed by atoms with van der Waals surface area (Å²) in [6.45, 7) is 1.42. The number of benzene rings is 2. The number of likely N-dealkylation sites (N-methyl/N-ethyl adjacent to an activating group) is 1. The quantitative estimate of drug-likeness (QED) is 0.400. The summed E-state index contributed by atoms with van der Waals surface area (Å²) in [5.74, 6) is 0.688. The van der Waals surface area contributed by atoms with E-state index in [9.17, 15) is 18.5 Å². The average Bonchev–Trinajstić information content (AvgIpc) is 2.54. The number of primary sulfonamides is 1. The van der Waals surface area contributed by atoms with E-state index >= 15 is 0 Å². The average molecular weight is 395 g/mol. The Morgan fingerprint density at radius 3 is 2.30 bits per heavy atom. The number of nitro groups is 1. The molecule has 0 aliphatic carbocycles. The summed E-state index contributed by atoms with van der Waals surface area (Å²) in [7, 11) is 2.20. The van der Waals surface area contributed by atoms with Crippen LogP contribution in [0.4, 0.5) is 17.1 Å². The molecule has 0 bridgehead atoms. The second-order valence-corrected chi connectivity index (χ2v) is 8.55. The Bertz CT molecular complexity index is 921. The number of hydrogen-bond acceptors (Lipinski definition) is 6. The van der Waals surface area contributed by atoms with Crippen molar-refractivity contribution in [3.05, 3.63) is 52.6 Å². The number of hydrogen-bond donors (Lipinski definition) is 2. The molecule has 27 heavy (non-hydrogen) atoms. The molecule has 2 aromatic rings. The maximum absolute atomic E-state index is 11.4. The van der Waals surface area contributed by atoms with Crippen molar-refractivity contribution in [1.82, 2.24) is 0 Å². The maximum atomic E-state index is 11.4. The lowest BCUT2D eigenvalue weighted by molar-refractivity contribution is -0.870. The van der Waals surface area contributed by atoms with Crippen molar-refractivity contribution in [2.24, 2.45) is 5.14 Å². The fraction of sp³-hybridized carbons (Fsp3) is 0.294. The van der Waals surface area contributed by atoms with Crippen LogP contribution in [0.15, 0.2) is 47.4 Å². The molecule has 0 spiro atoms. The van der Waals surface area contributed by atoms with Crippen LogP contribution in [0.25, 0.3) is 0 Å². The van der Waals surface area contributed by atoms with Gasteiger partial charge in [0.15, 0.2) is 0 Å². The molecule has 0 fully saturated rings. The van der Waals surface area contributed by atoms with Gasteiger partial charge < -0.3 is 14.5 Å². The Labute approximate surface area is 158 Å². The first-order chi connectivity index (χ1) is 12.5. The summed E-state index contributed by atoms with van der Waals surface area (Å²) in [5, 5.41) is 19.2. The van der Waals surface area contributed by atoms with Gasteiger partial charge in [-0.25, -0.2) is 13.6 Å². The molecule has 146 valence electrons. The molecule has 0 saturated heterocycles. The molecular formula is C17H23N4O5S+. The molecule has 0 amide bonds. The number of rotatable bonds is 8. The van der Waals surface area contributed by atoms with E-state index in [1.165, 1.54) is 12.1 Å². The zero-order chi connectivity index (χ0) is 20.2. The molecule has 3 N–H and O–H groups in total. The Morgan fingerprint density at radius 2 is 1.78 bits per heavy atom. The minimum Gasteiger partial charge on any atom is -0.488 e. The van der Waals surface area contributed by atoms with Gasteiger partial charge in [0, 0.05) is 11.8 Å². The van der Waals surface area contributed by atoms with Crippen LogP contribution in [0, 0.1) is 10.1 Å². The predicted octanol–water partition coefficient (Wildman–Crippen LogP) is 2.07. The highest BCUT2D eigenvalue weighted by Gasteiger charge is 2.19. The second-order valence-electron chi connectivity index (χ2n) is 6.99. The van der Waals surface area contributed by atoms with E-state index in [4.69, 9.17) is 9.88 Å². The Balaban J connectivity index is 2.14. The van der Waals surface area contributed by atoms with Gasteiger partial charge in [-0.2, -0.15) is 0 Å². The van der Waals surface area contributed by atoms with Crippen molar-refractivity contribution in [3.8, 4) is 5.75 Å². The van der Waals surface area contributed by atoms with E-state index in [0.717, 1.165) is 17.1 Å². The lowest BCUT2D eigenvalue weighted by Gasteiger charge is -2.23. The minimum atomic E-state index is -4.02. The summed E-state index contributed by atoms with van der Waals surface area (Å²) in [6, 6.07) is 10.4. The number of nitrogens with one attached hydrogen (secondary N) is 1. The minimum absolute atomic E-state index is 0.158. The first kappa shape index (κ1) is 20.6. The highest BCUT2D eigenvalue weighted by atomic mass is 32.2. The molecule has 0 unspecified atom stereocenters. The smallest absolute Gasteiger partial charge is 0.294 e. The molecule has 0 saturated carbocycles. The molecule has 9 nitrogen and oxygen atoms in total. The van der Waals surface area contributed by atoms with Crippen molar-refractivity contribution < 1.29 is 22.6 Å². The topological polar surface area (TPSA) is 125 Å². The third-order valence-electron chi connectivity index (χ3n) is 3.66. The summed E-state index contributed by atoms with van der Waals surface area (Å²) in [6.07, 6.45) is 0. The first-order valence-electron chi connectivity index (χ1n) is 8.07. The monoisotopic (exact) mass is 395 g/mol. The van der Waals surface area contributed by atoms with Gasteiger partial charge in [0.1, 0.15) is 24.6 Å². The van der Waals surface area contributed by atoms with Crippen molar-refractivity contribution in [1.29, 1.82) is 0 Å². The van der Waals surface area contributed by atoms with E-state index in [1.807, 2.05) is 0 Å². The van der Waals surface area contributed by atoms with E-state index in [0.29, 0.717) is 18.0 Å². The Kier molecular flexibility index (Phi) is 6.04. The number of nitrogens with zero attached hydrogens (tertiary/aromatic N) is 2. The summed E-state index contributed by atoms with van der Waals surface area (Å²) in [4.78, 5) is 10.3. The van der Waals surface area contributed by atoms with Crippen molar-refractivity contribution >= 4 is 27.1 Å².